The molecule has 3 heterocycles. The van der Waals surface area contributed by atoms with Gasteiger partial charge in [0.2, 0.25) is 0 Å². The zero-order valence-electron chi connectivity index (χ0n) is 26.0. The molecule has 0 unspecified atom stereocenters. The molecule has 0 aromatic carbocycles. The first kappa shape index (κ1) is 37.9. The molecule has 3 aromatic heterocycles. The summed E-state index contributed by atoms with van der Waals surface area (Å²) >= 11 is 0. The van der Waals surface area contributed by atoms with Crippen LogP contribution >= 0.6 is 0 Å². The summed E-state index contributed by atoms with van der Waals surface area (Å²) in [5.74, 6) is 0.898. The minimum Gasteiger partial charge on any atom is -0.261 e. The van der Waals surface area contributed by atoms with Gasteiger partial charge in [-0.2, -0.15) is 0 Å². The van der Waals surface area contributed by atoms with Crippen molar-refractivity contribution in [3.63, 3.8) is 0 Å². The van der Waals surface area contributed by atoms with Crippen LogP contribution in [0.25, 0.3) is 0 Å². The molecule has 5 heteroatoms. The van der Waals surface area contributed by atoms with Crippen molar-refractivity contribution in [1.29, 1.82) is 0 Å². The first-order valence-corrected chi connectivity index (χ1v) is 13.3. The molecule has 0 fully saturated rings. The highest BCUT2D eigenvalue weighted by Crippen LogP contribution is 2.19. The van der Waals surface area contributed by atoms with Gasteiger partial charge in [0.1, 0.15) is 5.82 Å². The lowest BCUT2D eigenvalue weighted by Crippen LogP contribution is -2.14. The van der Waals surface area contributed by atoms with Gasteiger partial charge in [0.25, 0.3) is 0 Å². The van der Waals surface area contributed by atoms with E-state index in [9.17, 15) is 0 Å². The SMILES string of the molecule is CC.CC.CC.CC(C)(C)c1ccccn1.CC(C)(C)c1cnccn1.CC(C)(C)c1ncccn1. The van der Waals surface area contributed by atoms with Gasteiger partial charge in [-0.25, -0.2) is 9.97 Å². The van der Waals surface area contributed by atoms with Crippen molar-refractivity contribution < 1.29 is 0 Å². The van der Waals surface area contributed by atoms with Crippen LogP contribution < -0.4 is 0 Å². The van der Waals surface area contributed by atoms with Crippen LogP contribution in [0.4, 0.5) is 0 Å². The Balaban J connectivity index is -0.000000410. The molecule has 0 aliphatic carbocycles. The fraction of sp³-hybridized carbons (Fsp3) is 0.581. The van der Waals surface area contributed by atoms with Crippen LogP contribution in [0.5, 0.6) is 0 Å². The third-order valence-corrected chi connectivity index (χ3v) is 4.00. The second-order valence-corrected chi connectivity index (χ2v) is 10.1. The summed E-state index contributed by atoms with van der Waals surface area (Å²) in [6, 6.07) is 7.85. The molecular formula is C31H55N5. The van der Waals surface area contributed by atoms with Crippen LogP contribution in [-0.4, -0.2) is 24.9 Å². The first-order valence-electron chi connectivity index (χ1n) is 13.3. The molecule has 0 saturated carbocycles. The molecule has 0 aliphatic rings. The Morgan fingerprint density at radius 1 is 0.444 bits per heavy atom. The Hall–Kier alpha value is -2.69. The number of hydrogen-bond donors (Lipinski definition) is 0. The maximum atomic E-state index is 4.25. The maximum Gasteiger partial charge on any atom is 0.133 e. The van der Waals surface area contributed by atoms with E-state index >= 15 is 0 Å². The van der Waals surface area contributed by atoms with E-state index < -0.39 is 0 Å². The topological polar surface area (TPSA) is 64.5 Å². The largest absolute Gasteiger partial charge is 0.261 e. The van der Waals surface area contributed by atoms with Crippen molar-refractivity contribution in [2.45, 2.75) is 120 Å². The molecule has 0 amide bonds. The summed E-state index contributed by atoms with van der Waals surface area (Å²) in [5.41, 5.74) is 2.56. The molecule has 0 saturated heterocycles. The Kier molecular flexibility index (Phi) is 21.6. The first-order chi connectivity index (χ1) is 16.8. The normalized spacial score (nSPS) is 10.1. The second kappa shape index (κ2) is 20.5. The predicted octanol–water partition coefficient (Wildman–Crippen LogP) is 9.01. The minimum atomic E-state index is 0.0707. The number of aromatic nitrogens is 5. The molecule has 3 rings (SSSR count). The highest BCUT2D eigenvalue weighted by atomic mass is 14.9. The van der Waals surface area contributed by atoms with Gasteiger partial charge < -0.3 is 0 Å². The average Bonchev–Trinajstić information content (AvgIpc) is 2.89. The van der Waals surface area contributed by atoms with Gasteiger partial charge in [-0.15, -0.1) is 0 Å². The predicted molar refractivity (Wildman–Crippen MR) is 158 cm³/mol. The number of rotatable bonds is 0. The van der Waals surface area contributed by atoms with E-state index in [0.29, 0.717) is 0 Å². The van der Waals surface area contributed by atoms with E-state index in [0.717, 1.165) is 17.2 Å². The number of nitrogens with zero attached hydrogens (tertiary/aromatic N) is 5. The van der Waals surface area contributed by atoms with Crippen LogP contribution in [0.2, 0.25) is 0 Å². The summed E-state index contributed by atoms with van der Waals surface area (Å²) in [6.45, 7) is 31.2. The summed E-state index contributed by atoms with van der Waals surface area (Å²) < 4.78 is 0. The molecule has 0 atom stereocenters. The summed E-state index contributed by atoms with van der Waals surface area (Å²) in [5, 5.41) is 0. The number of hydrogen-bond acceptors (Lipinski definition) is 5. The van der Waals surface area contributed by atoms with Crippen molar-refractivity contribution in [2.75, 3.05) is 0 Å². The zero-order valence-corrected chi connectivity index (χ0v) is 26.0. The third kappa shape index (κ3) is 18.6. The average molecular weight is 498 g/mol. The Morgan fingerprint density at radius 2 is 0.889 bits per heavy atom. The molecule has 204 valence electrons. The monoisotopic (exact) mass is 497 g/mol. The smallest absolute Gasteiger partial charge is 0.133 e. The summed E-state index contributed by atoms with van der Waals surface area (Å²) in [4.78, 5) is 20.7. The minimum absolute atomic E-state index is 0.0707. The number of pyridine rings is 1. The molecule has 5 nitrogen and oxygen atoms in total. The fourth-order valence-corrected chi connectivity index (χ4v) is 2.18. The molecule has 0 bridgehead atoms. The van der Waals surface area contributed by atoms with Crippen LogP contribution in [0, 0.1) is 0 Å². The van der Waals surface area contributed by atoms with Crippen LogP contribution in [0.3, 0.4) is 0 Å². The van der Waals surface area contributed by atoms with Gasteiger partial charge in [0.15, 0.2) is 0 Å². The van der Waals surface area contributed by atoms with Gasteiger partial charge in [-0.3, -0.25) is 15.0 Å². The fourth-order valence-electron chi connectivity index (χ4n) is 2.18. The summed E-state index contributed by atoms with van der Waals surface area (Å²) in [7, 11) is 0. The molecule has 0 N–H and O–H groups in total. The van der Waals surface area contributed by atoms with Gasteiger partial charge in [0.05, 0.1) is 5.69 Å². The van der Waals surface area contributed by atoms with Crippen molar-refractivity contribution in [1.82, 2.24) is 24.9 Å². The van der Waals surface area contributed by atoms with E-state index in [4.69, 9.17) is 0 Å². The van der Waals surface area contributed by atoms with Gasteiger partial charge in [-0.1, -0.05) is 110 Å². The standard InChI is InChI=1S/C9H13N.2C8H12N2.3C2H6/c1-9(2,3)8-6-4-5-7-10-8;1-8(2,3)7-6-9-4-5-10-7;1-8(2,3)7-9-5-4-6-10-7;3*1-2/h4-7H,1-3H3;2*4-6H,1-3H3;3*1-2H3. The van der Waals surface area contributed by atoms with Crippen molar-refractivity contribution in [2.24, 2.45) is 0 Å². The quantitative estimate of drug-likeness (QED) is 0.310. The molecule has 0 spiro atoms. The Bertz CT molecular complexity index is 712. The van der Waals surface area contributed by atoms with Gasteiger partial charge >= 0.3 is 0 Å². The highest BCUT2D eigenvalue weighted by molar-refractivity contribution is 5.12. The van der Waals surface area contributed by atoms with Crippen LogP contribution in [-0.2, 0) is 16.2 Å². The Labute approximate surface area is 223 Å². The third-order valence-electron chi connectivity index (χ3n) is 4.00. The van der Waals surface area contributed by atoms with E-state index in [2.05, 4.69) is 93.3 Å². The van der Waals surface area contributed by atoms with Crippen molar-refractivity contribution >= 4 is 0 Å². The molecular weight excluding hydrogens is 442 g/mol. The maximum absolute atomic E-state index is 4.25. The lowest BCUT2D eigenvalue weighted by molar-refractivity contribution is 0.545. The Morgan fingerprint density at radius 3 is 1.14 bits per heavy atom. The second-order valence-electron chi connectivity index (χ2n) is 10.1. The van der Waals surface area contributed by atoms with Crippen LogP contribution in [0.15, 0.2) is 61.4 Å². The van der Waals surface area contributed by atoms with Gasteiger partial charge in [-0.05, 0) is 18.2 Å². The van der Waals surface area contributed by atoms with E-state index in [1.54, 1.807) is 31.0 Å². The van der Waals surface area contributed by atoms with E-state index in [1.165, 1.54) is 0 Å². The molecule has 0 radical (unpaired) electrons. The summed E-state index contributed by atoms with van der Waals surface area (Å²) in [6.07, 6.45) is 10.6. The van der Waals surface area contributed by atoms with Crippen LogP contribution in [0.1, 0.15) is 121 Å². The molecule has 0 aliphatic heterocycles. The molecule has 36 heavy (non-hydrogen) atoms. The van der Waals surface area contributed by atoms with Crippen molar-refractivity contribution in [3.8, 4) is 0 Å². The highest BCUT2D eigenvalue weighted by Gasteiger charge is 2.15. The lowest BCUT2D eigenvalue weighted by Gasteiger charge is -2.16. The van der Waals surface area contributed by atoms with Gasteiger partial charge in [0, 0.05) is 59.1 Å². The van der Waals surface area contributed by atoms with Crippen molar-refractivity contribution in [3.05, 3.63) is 78.7 Å². The van der Waals surface area contributed by atoms with E-state index in [-0.39, 0.29) is 16.2 Å². The zero-order chi connectivity index (χ0) is 28.8. The molecule has 3 aromatic rings. The lowest BCUT2D eigenvalue weighted by atomic mass is 9.92. The van der Waals surface area contributed by atoms with E-state index in [1.807, 2.05) is 65.9 Å².